The number of carboxylic acid groups (broad SMARTS) is 1. The van der Waals surface area contributed by atoms with E-state index in [1.165, 1.54) is 17.7 Å². The van der Waals surface area contributed by atoms with Crippen molar-refractivity contribution in [1.29, 1.82) is 0 Å². The third kappa shape index (κ3) is 6.78. The average molecular weight is 318 g/mol. The molecule has 124 valence electrons. The molecule has 0 fully saturated rings. The highest BCUT2D eigenvalue weighted by molar-refractivity contribution is 5.75. The van der Waals surface area contributed by atoms with E-state index in [9.17, 15) is 14.4 Å². The molecule has 0 saturated carbocycles. The normalized spacial score (nSPS) is 11.5. The number of rotatable bonds is 4. The van der Waals surface area contributed by atoms with Crippen LogP contribution in [0.25, 0.3) is 0 Å². The minimum absolute atomic E-state index is 0.301. The highest BCUT2D eigenvalue weighted by atomic mass is 16.4. The van der Waals surface area contributed by atoms with Gasteiger partial charge in [0, 0.05) is 12.1 Å². The lowest BCUT2D eigenvalue weighted by Gasteiger charge is -2.09. The summed E-state index contributed by atoms with van der Waals surface area (Å²) in [5, 5.41) is 13.1. The van der Waals surface area contributed by atoms with Gasteiger partial charge in [-0.3, -0.25) is 24.6 Å². The Balaban J connectivity index is 0.000000277. The number of carbonyl (C=O) groups is 1. The van der Waals surface area contributed by atoms with Crippen LogP contribution in [0.4, 0.5) is 0 Å². The maximum atomic E-state index is 10.8. The van der Waals surface area contributed by atoms with Crippen LogP contribution in [-0.2, 0) is 11.2 Å². The van der Waals surface area contributed by atoms with Crippen LogP contribution in [0.5, 0.6) is 0 Å². The standard InChI is InChI=1S/C13H18O2.C4H4N2O2/c1-9(2)8-11-4-6-12(7-5-11)10(3)13(14)15;7-3-1-2-4(8)6-5-3/h4-7,9-10H,8H2,1-3H3,(H,14,15);1-2H,(H,5,7)(H,6,8). The first-order valence-corrected chi connectivity index (χ1v) is 7.39. The molecule has 0 radical (unpaired) electrons. The van der Waals surface area contributed by atoms with E-state index in [0.29, 0.717) is 5.92 Å². The van der Waals surface area contributed by atoms with Crippen molar-refractivity contribution in [2.45, 2.75) is 33.1 Å². The van der Waals surface area contributed by atoms with Gasteiger partial charge in [0.05, 0.1) is 5.92 Å². The van der Waals surface area contributed by atoms with Crippen LogP contribution < -0.4 is 11.1 Å². The van der Waals surface area contributed by atoms with Gasteiger partial charge in [0.1, 0.15) is 0 Å². The van der Waals surface area contributed by atoms with E-state index in [4.69, 9.17) is 5.11 Å². The topological polar surface area (TPSA) is 103 Å². The predicted molar refractivity (Wildman–Crippen MR) is 88.7 cm³/mol. The molecule has 1 aromatic heterocycles. The van der Waals surface area contributed by atoms with Crippen molar-refractivity contribution in [3.8, 4) is 0 Å². The number of carboxylic acids is 1. The van der Waals surface area contributed by atoms with Crippen molar-refractivity contribution in [2.75, 3.05) is 0 Å². The molecule has 0 saturated heterocycles. The first-order valence-electron chi connectivity index (χ1n) is 7.39. The summed E-state index contributed by atoms with van der Waals surface area (Å²) in [7, 11) is 0. The number of nitrogens with one attached hydrogen (secondary N) is 2. The molecular formula is C17H22N2O4. The molecule has 0 bridgehead atoms. The average Bonchev–Trinajstić information content (AvgIpc) is 2.50. The van der Waals surface area contributed by atoms with E-state index in [1.807, 2.05) is 24.3 Å². The number of benzene rings is 1. The molecule has 6 nitrogen and oxygen atoms in total. The summed E-state index contributed by atoms with van der Waals surface area (Å²) >= 11 is 0. The van der Waals surface area contributed by atoms with Gasteiger partial charge in [0.2, 0.25) is 0 Å². The number of H-pyrrole nitrogens is 2. The molecule has 1 atom stereocenters. The quantitative estimate of drug-likeness (QED) is 0.803. The van der Waals surface area contributed by atoms with Crippen molar-refractivity contribution >= 4 is 5.97 Å². The second-order valence-electron chi connectivity index (χ2n) is 5.71. The van der Waals surface area contributed by atoms with E-state index in [2.05, 4.69) is 24.0 Å². The van der Waals surface area contributed by atoms with Crippen LogP contribution in [0.15, 0.2) is 46.0 Å². The first-order chi connectivity index (χ1) is 10.8. The van der Waals surface area contributed by atoms with Gasteiger partial charge in [-0.1, -0.05) is 38.1 Å². The molecule has 23 heavy (non-hydrogen) atoms. The SMILES string of the molecule is CC(C)Cc1ccc(C(C)C(=O)O)cc1.O=c1ccc(=O)[nH][nH]1. The lowest BCUT2D eigenvalue weighted by molar-refractivity contribution is -0.138. The molecule has 0 aliphatic heterocycles. The predicted octanol–water partition coefficient (Wildman–Crippen LogP) is 2.14. The molecular weight excluding hydrogens is 296 g/mol. The fourth-order valence-electron chi connectivity index (χ4n) is 1.91. The van der Waals surface area contributed by atoms with Crippen molar-refractivity contribution in [3.05, 3.63) is 68.2 Å². The number of aromatic amines is 2. The van der Waals surface area contributed by atoms with Gasteiger partial charge in [-0.05, 0) is 30.4 Å². The van der Waals surface area contributed by atoms with Gasteiger partial charge < -0.3 is 5.11 Å². The molecule has 6 heteroatoms. The molecule has 1 aromatic carbocycles. The van der Waals surface area contributed by atoms with Crippen LogP contribution in [0, 0.1) is 5.92 Å². The third-order valence-corrected chi connectivity index (χ3v) is 3.19. The largest absolute Gasteiger partial charge is 0.481 e. The Hall–Kier alpha value is -2.63. The summed E-state index contributed by atoms with van der Waals surface area (Å²) in [5.74, 6) is -0.558. The molecule has 0 amide bonds. The molecule has 0 aliphatic rings. The molecule has 0 spiro atoms. The number of aromatic nitrogens is 2. The van der Waals surface area contributed by atoms with E-state index in [1.54, 1.807) is 6.92 Å². The van der Waals surface area contributed by atoms with Crippen molar-refractivity contribution in [1.82, 2.24) is 10.2 Å². The van der Waals surface area contributed by atoms with Crippen LogP contribution in [0.3, 0.4) is 0 Å². The Morgan fingerprint density at radius 3 is 1.78 bits per heavy atom. The smallest absolute Gasteiger partial charge is 0.310 e. The van der Waals surface area contributed by atoms with Gasteiger partial charge in [0.25, 0.3) is 11.1 Å². The highest BCUT2D eigenvalue weighted by Gasteiger charge is 2.12. The summed E-state index contributed by atoms with van der Waals surface area (Å²) in [6.07, 6.45) is 1.04. The Morgan fingerprint density at radius 1 is 0.957 bits per heavy atom. The molecule has 2 rings (SSSR count). The van der Waals surface area contributed by atoms with Crippen LogP contribution in [0.2, 0.25) is 0 Å². The fraction of sp³-hybridized carbons (Fsp3) is 0.353. The second kappa shape index (κ2) is 8.73. The van der Waals surface area contributed by atoms with Gasteiger partial charge in [-0.25, -0.2) is 0 Å². The van der Waals surface area contributed by atoms with Gasteiger partial charge in [-0.15, -0.1) is 0 Å². The van der Waals surface area contributed by atoms with Crippen molar-refractivity contribution in [2.24, 2.45) is 5.92 Å². The molecule has 3 N–H and O–H groups in total. The molecule has 1 heterocycles. The minimum Gasteiger partial charge on any atom is -0.481 e. The van der Waals surface area contributed by atoms with E-state index >= 15 is 0 Å². The van der Waals surface area contributed by atoms with Gasteiger partial charge in [-0.2, -0.15) is 0 Å². The zero-order chi connectivity index (χ0) is 17.4. The fourth-order valence-corrected chi connectivity index (χ4v) is 1.91. The van der Waals surface area contributed by atoms with Gasteiger partial charge >= 0.3 is 5.97 Å². The monoisotopic (exact) mass is 318 g/mol. The van der Waals surface area contributed by atoms with E-state index in [0.717, 1.165) is 12.0 Å². The Morgan fingerprint density at radius 2 is 1.43 bits per heavy atom. The first kappa shape index (κ1) is 18.4. The Labute approximate surface area is 134 Å². The van der Waals surface area contributed by atoms with Crippen LogP contribution >= 0.6 is 0 Å². The molecule has 0 aliphatic carbocycles. The summed E-state index contributed by atoms with van der Waals surface area (Å²) in [6.45, 7) is 6.06. The van der Waals surface area contributed by atoms with Crippen molar-refractivity contribution < 1.29 is 9.90 Å². The zero-order valence-corrected chi connectivity index (χ0v) is 13.5. The number of hydrogen-bond donors (Lipinski definition) is 3. The lowest BCUT2D eigenvalue weighted by Crippen LogP contribution is -2.14. The highest BCUT2D eigenvalue weighted by Crippen LogP contribution is 2.17. The van der Waals surface area contributed by atoms with E-state index in [-0.39, 0.29) is 11.1 Å². The number of aliphatic carboxylic acids is 1. The summed E-state index contributed by atoms with van der Waals surface area (Å²) < 4.78 is 0. The maximum absolute atomic E-state index is 10.8. The lowest BCUT2D eigenvalue weighted by atomic mass is 9.97. The summed E-state index contributed by atoms with van der Waals surface area (Å²) in [6, 6.07) is 10.2. The minimum atomic E-state index is -0.772. The van der Waals surface area contributed by atoms with Crippen molar-refractivity contribution in [3.63, 3.8) is 0 Å². The Bertz CT molecular complexity index is 677. The molecule has 1 unspecified atom stereocenters. The second-order valence-corrected chi connectivity index (χ2v) is 5.71. The number of hydrogen-bond acceptors (Lipinski definition) is 3. The third-order valence-electron chi connectivity index (χ3n) is 3.19. The molecule has 2 aromatic rings. The van der Waals surface area contributed by atoms with Gasteiger partial charge in [0.15, 0.2) is 0 Å². The van der Waals surface area contributed by atoms with Crippen LogP contribution in [-0.4, -0.2) is 21.3 Å². The van der Waals surface area contributed by atoms with Crippen LogP contribution in [0.1, 0.15) is 37.8 Å². The summed E-state index contributed by atoms with van der Waals surface area (Å²) in [4.78, 5) is 31.2. The van der Waals surface area contributed by atoms with E-state index < -0.39 is 11.9 Å². The summed E-state index contributed by atoms with van der Waals surface area (Å²) in [5.41, 5.74) is 1.54. The Kier molecular flexibility index (Phi) is 6.99. The zero-order valence-electron chi connectivity index (χ0n) is 13.5. The maximum Gasteiger partial charge on any atom is 0.310 e.